The maximum atomic E-state index is 13.6. The molecule has 0 fully saturated rings. The molecule has 1 aromatic heterocycles. The molecule has 15 heavy (non-hydrogen) atoms. The van der Waals surface area contributed by atoms with Gasteiger partial charge in [-0.1, -0.05) is 35.1 Å². The average molecular weight is 243 g/mol. The van der Waals surface area contributed by atoms with Crippen LogP contribution in [0.25, 0.3) is 10.4 Å². The van der Waals surface area contributed by atoms with Crippen molar-refractivity contribution in [1.29, 1.82) is 0 Å². The Hall–Kier alpha value is -1.13. The van der Waals surface area contributed by atoms with Crippen LogP contribution in [0.1, 0.15) is 0 Å². The van der Waals surface area contributed by atoms with E-state index in [0.717, 1.165) is 10.0 Å². The highest BCUT2D eigenvalue weighted by molar-refractivity contribution is 7.18. The summed E-state index contributed by atoms with van der Waals surface area (Å²) in [4.78, 5) is 4.84. The molecule has 0 radical (unpaired) electrons. The summed E-state index contributed by atoms with van der Waals surface area (Å²) in [5.41, 5.74) is 0.488. The third kappa shape index (κ3) is 1.96. The lowest BCUT2D eigenvalue weighted by molar-refractivity contribution is 0.632. The highest BCUT2D eigenvalue weighted by Crippen LogP contribution is 2.32. The fourth-order valence-electron chi connectivity index (χ4n) is 1.21. The molecule has 0 bridgehead atoms. The average Bonchev–Trinajstić information content (AvgIpc) is 2.70. The Balaban J connectivity index is 2.49. The van der Waals surface area contributed by atoms with Crippen LogP contribution in [0, 0.1) is 5.82 Å². The van der Waals surface area contributed by atoms with Gasteiger partial charge in [0.25, 0.3) is 0 Å². The lowest BCUT2D eigenvalue weighted by atomic mass is 10.2. The fourth-order valence-corrected chi connectivity index (χ4v) is 2.17. The Kier molecular flexibility index (Phi) is 2.88. The Morgan fingerprint density at radius 3 is 2.93 bits per heavy atom. The molecule has 2 aromatic rings. The molecule has 0 atom stereocenters. The number of nitrogens with zero attached hydrogens (tertiary/aromatic N) is 1. The van der Waals surface area contributed by atoms with Crippen LogP contribution >= 0.6 is 22.9 Å². The van der Waals surface area contributed by atoms with Gasteiger partial charge in [0.2, 0.25) is 0 Å². The summed E-state index contributed by atoms with van der Waals surface area (Å²) in [5.74, 6) is -0.398. The van der Waals surface area contributed by atoms with Crippen LogP contribution in [0.15, 0.2) is 24.4 Å². The summed E-state index contributed by atoms with van der Waals surface area (Å²) >= 11 is 7.09. The maximum absolute atomic E-state index is 13.6. The molecular formula is C10H8ClFN2S. The van der Waals surface area contributed by atoms with E-state index in [1.54, 1.807) is 25.4 Å². The molecular weight excluding hydrogens is 235 g/mol. The second-order valence-corrected chi connectivity index (χ2v) is 4.32. The van der Waals surface area contributed by atoms with E-state index in [-0.39, 0.29) is 5.02 Å². The van der Waals surface area contributed by atoms with Crippen molar-refractivity contribution in [2.75, 3.05) is 12.4 Å². The van der Waals surface area contributed by atoms with Gasteiger partial charge in [-0.05, 0) is 6.07 Å². The molecule has 0 aliphatic rings. The van der Waals surface area contributed by atoms with E-state index in [9.17, 15) is 4.39 Å². The standard InChI is InChI=1S/C10H8ClFN2S/c1-13-10-14-5-8(15-10)6-3-2-4-7(11)9(6)12/h2-5H,1H3,(H,13,14). The lowest BCUT2D eigenvalue weighted by Crippen LogP contribution is -1.83. The van der Waals surface area contributed by atoms with Gasteiger partial charge < -0.3 is 5.32 Å². The number of rotatable bonds is 2. The normalized spacial score (nSPS) is 10.3. The van der Waals surface area contributed by atoms with Crippen LogP contribution in [-0.2, 0) is 0 Å². The zero-order valence-corrected chi connectivity index (χ0v) is 9.49. The van der Waals surface area contributed by atoms with E-state index in [0.29, 0.717) is 5.56 Å². The maximum Gasteiger partial charge on any atom is 0.182 e. The molecule has 1 N–H and O–H groups in total. The van der Waals surface area contributed by atoms with E-state index >= 15 is 0 Å². The molecule has 0 spiro atoms. The number of nitrogens with one attached hydrogen (secondary N) is 1. The second kappa shape index (κ2) is 4.16. The van der Waals surface area contributed by atoms with E-state index in [4.69, 9.17) is 11.6 Å². The summed E-state index contributed by atoms with van der Waals surface area (Å²) in [7, 11) is 1.77. The third-order valence-corrected chi connectivity index (χ3v) is 3.28. The largest absolute Gasteiger partial charge is 0.365 e. The quantitative estimate of drug-likeness (QED) is 0.870. The number of benzene rings is 1. The van der Waals surface area contributed by atoms with E-state index in [2.05, 4.69) is 10.3 Å². The summed E-state index contributed by atoms with van der Waals surface area (Å²) in [6.07, 6.45) is 1.63. The van der Waals surface area contributed by atoms with Crippen molar-refractivity contribution in [3.63, 3.8) is 0 Å². The van der Waals surface area contributed by atoms with Gasteiger partial charge in [0.1, 0.15) is 5.82 Å². The predicted octanol–water partition coefficient (Wildman–Crippen LogP) is 3.64. The highest BCUT2D eigenvalue weighted by Gasteiger charge is 2.10. The molecule has 0 aliphatic heterocycles. The monoisotopic (exact) mass is 242 g/mol. The minimum atomic E-state index is -0.398. The van der Waals surface area contributed by atoms with Crippen LogP contribution in [-0.4, -0.2) is 12.0 Å². The minimum absolute atomic E-state index is 0.131. The van der Waals surface area contributed by atoms with Crippen molar-refractivity contribution in [2.24, 2.45) is 0 Å². The van der Waals surface area contributed by atoms with Gasteiger partial charge in [-0.2, -0.15) is 0 Å². The van der Waals surface area contributed by atoms with Crippen LogP contribution < -0.4 is 5.32 Å². The molecule has 1 aromatic carbocycles. The van der Waals surface area contributed by atoms with Crippen molar-refractivity contribution in [3.05, 3.63) is 35.2 Å². The van der Waals surface area contributed by atoms with Gasteiger partial charge in [-0.15, -0.1) is 0 Å². The van der Waals surface area contributed by atoms with Crippen molar-refractivity contribution < 1.29 is 4.39 Å². The Morgan fingerprint density at radius 2 is 2.27 bits per heavy atom. The van der Waals surface area contributed by atoms with Crippen molar-refractivity contribution >= 4 is 28.1 Å². The molecule has 0 aliphatic carbocycles. The molecule has 0 amide bonds. The van der Waals surface area contributed by atoms with Gasteiger partial charge >= 0.3 is 0 Å². The zero-order chi connectivity index (χ0) is 10.8. The number of anilines is 1. The first kappa shape index (κ1) is 10.4. The number of halogens is 2. The van der Waals surface area contributed by atoms with Crippen LogP contribution in [0.5, 0.6) is 0 Å². The van der Waals surface area contributed by atoms with Crippen LogP contribution in [0.4, 0.5) is 9.52 Å². The molecule has 2 rings (SSSR count). The first-order valence-corrected chi connectivity index (χ1v) is 5.50. The van der Waals surface area contributed by atoms with Gasteiger partial charge in [-0.25, -0.2) is 9.37 Å². The number of hydrogen-bond acceptors (Lipinski definition) is 3. The first-order chi connectivity index (χ1) is 7.22. The Labute approximate surface area is 95.7 Å². The number of thiazole rings is 1. The summed E-state index contributed by atoms with van der Waals surface area (Å²) < 4.78 is 13.6. The molecule has 0 saturated carbocycles. The number of hydrogen-bond donors (Lipinski definition) is 1. The van der Waals surface area contributed by atoms with Gasteiger partial charge in [0.05, 0.1) is 9.90 Å². The van der Waals surface area contributed by atoms with Crippen molar-refractivity contribution in [2.45, 2.75) is 0 Å². The Morgan fingerprint density at radius 1 is 1.47 bits per heavy atom. The zero-order valence-electron chi connectivity index (χ0n) is 7.92. The topological polar surface area (TPSA) is 24.9 Å². The molecule has 0 unspecified atom stereocenters. The first-order valence-electron chi connectivity index (χ1n) is 4.30. The summed E-state index contributed by atoms with van der Waals surface area (Å²) in [6.45, 7) is 0. The summed E-state index contributed by atoms with van der Waals surface area (Å²) in [5, 5.41) is 3.79. The van der Waals surface area contributed by atoms with Gasteiger partial charge in [0, 0.05) is 18.8 Å². The van der Waals surface area contributed by atoms with Crippen molar-refractivity contribution in [3.8, 4) is 10.4 Å². The van der Waals surface area contributed by atoms with Gasteiger partial charge in [-0.3, -0.25) is 0 Å². The second-order valence-electron chi connectivity index (χ2n) is 2.88. The molecule has 5 heteroatoms. The molecule has 0 saturated heterocycles. The third-order valence-electron chi connectivity index (χ3n) is 1.94. The van der Waals surface area contributed by atoms with E-state index in [1.165, 1.54) is 17.4 Å². The van der Waals surface area contributed by atoms with Gasteiger partial charge in [0.15, 0.2) is 5.13 Å². The van der Waals surface area contributed by atoms with E-state index < -0.39 is 5.82 Å². The lowest BCUT2D eigenvalue weighted by Gasteiger charge is -2.00. The molecule has 2 nitrogen and oxygen atoms in total. The van der Waals surface area contributed by atoms with E-state index in [1.807, 2.05) is 0 Å². The molecule has 78 valence electrons. The Bertz CT molecular complexity index is 484. The summed E-state index contributed by atoms with van der Waals surface area (Å²) in [6, 6.07) is 4.94. The minimum Gasteiger partial charge on any atom is -0.365 e. The predicted molar refractivity (Wildman–Crippen MR) is 62.1 cm³/mol. The van der Waals surface area contributed by atoms with Crippen LogP contribution in [0.2, 0.25) is 5.02 Å². The molecule has 1 heterocycles. The number of aromatic nitrogens is 1. The smallest absolute Gasteiger partial charge is 0.182 e. The SMILES string of the molecule is CNc1ncc(-c2cccc(Cl)c2F)s1. The van der Waals surface area contributed by atoms with Crippen LogP contribution in [0.3, 0.4) is 0 Å². The highest BCUT2D eigenvalue weighted by atomic mass is 35.5. The van der Waals surface area contributed by atoms with Crippen molar-refractivity contribution in [1.82, 2.24) is 4.98 Å². The fraction of sp³-hybridized carbons (Fsp3) is 0.100.